The number of hydrogen-bond donors (Lipinski definition) is 0. The minimum absolute atomic E-state index is 0.320. The van der Waals surface area contributed by atoms with Crippen LogP contribution in [0.25, 0.3) is 0 Å². The molecule has 0 aromatic carbocycles. The van der Waals surface area contributed by atoms with Gasteiger partial charge in [-0.2, -0.15) is 0 Å². The third-order valence-corrected chi connectivity index (χ3v) is 1.96. The molecule has 0 fully saturated rings. The van der Waals surface area contributed by atoms with Gasteiger partial charge < -0.3 is 4.90 Å². The fourth-order valence-electron chi connectivity index (χ4n) is 0.900. The van der Waals surface area contributed by atoms with Gasteiger partial charge in [-0.1, -0.05) is 13.8 Å². The Morgan fingerprint density at radius 1 is 1.30 bits per heavy atom. The highest BCUT2D eigenvalue weighted by Crippen LogP contribution is 2.01. The van der Waals surface area contributed by atoms with E-state index < -0.39 is 0 Å². The molecular weight excluding hydrogens is 146 g/mol. The highest BCUT2D eigenvalue weighted by molar-refractivity contribution is 6.20. The van der Waals surface area contributed by atoms with Crippen LogP contribution in [0.2, 0.25) is 0 Å². The van der Waals surface area contributed by atoms with E-state index in [1.54, 1.807) is 0 Å². The third kappa shape index (κ3) is 5.07. The van der Waals surface area contributed by atoms with Gasteiger partial charge in [-0.15, -0.1) is 11.6 Å². The molecule has 0 N–H and O–H groups in total. The summed E-state index contributed by atoms with van der Waals surface area (Å²) in [5.41, 5.74) is 0. The van der Waals surface area contributed by atoms with Gasteiger partial charge in [0, 0.05) is 5.38 Å². The lowest BCUT2D eigenvalue weighted by Gasteiger charge is -2.18. The minimum atomic E-state index is 0.320. The van der Waals surface area contributed by atoms with E-state index in [0.29, 0.717) is 5.38 Å². The fourth-order valence-corrected chi connectivity index (χ4v) is 0.998. The average molecular weight is 164 g/mol. The zero-order chi connectivity index (χ0) is 7.98. The lowest BCUT2D eigenvalue weighted by Crippen LogP contribution is -2.25. The minimum Gasteiger partial charge on any atom is -0.304 e. The molecule has 0 aromatic heterocycles. The molecule has 10 heavy (non-hydrogen) atoms. The second kappa shape index (κ2) is 5.99. The number of hydrogen-bond acceptors (Lipinski definition) is 1. The number of halogens is 1. The Morgan fingerprint density at radius 2 is 1.80 bits per heavy atom. The van der Waals surface area contributed by atoms with E-state index in [0.717, 1.165) is 26.1 Å². The Kier molecular flexibility index (Phi) is 6.14. The SMILES string of the molecule is CCN(CC)CCC(C)Cl. The quantitative estimate of drug-likeness (QED) is 0.563. The molecule has 2 heteroatoms. The molecule has 0 rings (SSSR count). The first-order chi connectivity index (χ1) is 4.70. The van der Waals surface area contributed by atoms with Gasteiger partial charge >= 0.3 is 0 Å². The van der Waals surface area contributed by atoms with Gasteiger partial charge in [0.05, 0.1) is 0 Å². The molecule has 0 radical (unpaired) electrons. The maximum Gasteiger partial charge on any atom is 0.0320 e. The molecule has 0 aliphatic rings. The van der Waals surface area contributed by atoms with Crippen molar-refractivity contribution in [1.29, 1.82) is 0 Å². The van der Waals surface area contributed by atoms with Crippen molar-refractivity contribution in [2.24, 2.45) is 0 Å². The van der Waals surface area contributed by atoms with Gasteiger partial charge in [0.2, 0.25) is 0 Å². The van der Waals surface area contributed by atoms with Crippen molar-refractivity contribution in [2.45, 2.75) is 32.6 Å². The van der Waals surface area contributed by atoms with Crippen LogP contribution in [0.1, 0.15) is 27.2 Å². The zero-order valence-corrected chi connectivity index (χ0v) is 7.99. The molecule has 1 unspecified atom stereocenters. The second-order valence-electron chi connectivity index (χ2n) is 2.60. The number of alkyl halides is 1. The molecule has 0 spiro atoms. The smallest absolute Gasteiger partial charge is 0.0320 e. The first-order valence-electron chi connectivity index (χ1n) is 4.07. The van der Waals surface area contributed by atoms with Gasteiger partial charge in [0.1, 0.15) is 0 Å². The summed E-state index contributed by atoms with van der Waals surface area (Å²) in [4.78, 5) is 2.39. The second-order valence-corrected chi connectivity index (χ2v) is 3.34. The van der Waals surface area contributed by atoms with Crippen LogP contribution in [-0.2, 0) is 0 Å². The van der Waals surface area contributed by atoms with E-state index in [-0.39, 0.29) is 0 Å². The number of rotatable bonds is 5. The van der Waals surface area contributed by atoms with Gasteiger partial charge in [-0.05, 0) is 33.0 Å². The normalized spacial score (nSPS) is 14.1. The van der Waals surface area contributed by atoms with Crippen LogP contribution in [0, 0.1) is 0 Å². The van der Waals surface area contributed by atoms with Crippen molar-refractivity contribution in [1.82, 2.24) is 4.90 Å². The summed E-state index contributed by atoms with van der Waals surface area (Å²) in [6.07, 6.45) is 1.10. The topological polar surface area (TPSA) is 3.24 Å². The lowest BCUT2D eigenvalue weighted by molar-refractivity contribution is 0.299. The van der Waals surface area contributed by atoms with Crippen molar-refractivity contribution in [3.8, 4) is 0 Å². The molecule has 0 aromatic rings. The lowest BCUT2D eigenvalue weighted by atomic mass is 10.3. The molecule has 1 nitrogen and oxygen atoms in total. The van der Waals surface area contributed by atoms with E-state index in [4.69, 9.17) is 11.6 Å². The van der Waals surface area contributed by atoms with Gasteiger partial charge in [-0.25, -0.2) is 0 Å². The Morgan fingerprint density at radius 3 is 2.10 bits per heavy atom. The third-order valence-electron chi connectivity index (χ3n) is 1.74. The number of nitrogens with zero attached hydrogens (tertiary/aromatic N) is 1. The average Bonchev–Trinajstić information content (AvgIpc) is 1.90. The van der Waals surface area contributed by atoms with Crippen LogP contribution in [0.4, 0.5) is 0 Å². The molecule has 62 valence electrons. The summed E-state index contributed by atoms with van der Waals surface area (Å²) in [6.45, 7) is 9.83. The first-order valence-corrected chi connectivity index (χ1v) is 4.50. The summed E-state index contributed by atoms with van der Waals surface area (Å²) in [5.74, 6) is 0. The van der Waals surface area contributed by atoms with Crippen LogP contribution in [0.5, 0.6) is 0 Å². The highest BCUT2D eigenvalue weighted by Gasteiger charge is 2.00. The highest BCUT2D eigenvalue weighted by atomic mass is 35.5. The maximum absolute atomic E-state index is 5.81. The predicted octanol–water partition coefficient (Wildman–Crippen LogP) is 2.35. The van der Waals surface area contributed by atoms with Crippen LogP contribution >= 0.6 is 11.6 Å². The zero-order valence-electron chi connectivity index (χ0n) is 7.23. The van der Waals surface area contributed by atoms with Crippen molar-refractivity contribution >= 4 is 11.6 Å². The first kappa shape index (κ1) is 10.2. The molecule has 0 heterocycles. The summed E-state index contributed by atoms with van der Waals surface area (Å²) in [7, 11) is 0. The Hall–Kier alpha value is 0.250. The largest absolute Gasteiger partial charge is 0.304 e. The summed E-state index contributed by atoms with van der Waals surface area (Å²) in [6, 6.07) is 0. The van der Waals surface area contributed by atoms with Crippen molar-refractivity contribution in [3.63, 3.8) is 0 Å². The molecule has 0 bridgehead atoms. The summed E-state index contributed by atoms with van der Waals surface area (Å²) < 4.78 is 0. The maximum atomic E-state index is 5.81. The van der Waals surface area contributed by atoms with Crippen LogP contribution in [0.15, 0.2) is 0 Å². The van der Waals surface area contributed by atoms with Crippen LogP contribution in [-0.4, -0.2) is 29.9 Å². The monoisotopic (exact) mass is 163 g/mol. The molecular formula is C8H18ClN. The van der Waals surface area contributed by atoms with Crippen molar-refractivity contribution in [3.05, 3.63) is 0 Å². The van der Waals surface area contributed by atoms with E-state index >= 15 is 0 Å². The van der Waals surface area contributed by atoms with E-state index in [9.17, 15) is 0 Å². The van der Waals surface area contributed by atoms with Crippen LogP contribution in [0.3, 0.4) is 0 Å². The summed E-state index contributed by atoms with van der Waals surface area (Å²) >= 11 is 5.81. The molecule has 0 saturated carbocycles. The summed E-state index contributed by atoms with van der Waals surface area (Å²) in [5, 5.41) is 0.320. The Bertz CT molecular complexity index is 69.7. The van der Waals surface area contributed by atoms with Crippen molar-refractivity contribution in [2.75, 3.05) is 19.6 Å². The molecule has 0 aliphatic carbocycles. The predicted molar refractivity (Wildman–Crippen MR) is 47.7 cm³/mol. The fraction of sp³-hybridized carbons (Fsp3) is 1.00. The van der Waals surface area contributed by atoms with E-state index in [1.165, 1.54) is 0 Å². The van der Waals surface area contributed by atoms with E-state index in [1.807, 2.05) is 6.92 Å². The van der Waals surface area contributed by atoms with Gasteiger partial charge in [0.15, 0.2) is 0 Å². The molecule has 0 amide bonds. The van der Waals surface area contributed by atoms with Gasteiger partial charge in [0.25, 0.3) is 0 Å². The van der Waals surface area contributed by atoms with Crippen LogP contribution < -0.4 is 0 Å². The molecule has 1 atom stereocenters. The molecule has 0 saturated heterocycles. The Labute approximate surface area is 69.4 Å². The van der Waals surface area contributed by atoms with E-state index in [2.05, 4.69) is 18.7 Å². The standard InChI is InChI=1S/C8H18ClN/c1-4-10(5-2)7-6-8(3)9/h8H,4-7H2,1-3H3. The van der Waals surface area contributed by atoms with Crippen molar-refractivity contribution < 1.29 is 0 Å². The van der Waals surface area contributed by atoms with Gasteiger partial charge in [-0.3, -0.25) is 0 Å². The molecule has 0 aliphatic heterocycles. The Balaban J connectivity index is 3.26.